The Balaban J connectivity index is 5.38. The van der Waals surface area contributed by atoms with Crippen LogP contribution >= 0.6 is 0 Å². The summed E-state index contributed by atoms with van der Waals surface area (Å²) < 4.78 is 91.7. The number of halogens is 6. The fourth-order valence-corrected chi connectivity index (χ4v) is 1.71. The van der Waals surface area contributed by atoms with Gasteiger partial charge in [0.25, 0.3) is 5.25 Å². The Labute approximate surface area is 75.8 Å². The Morgan fingerprint density at radius 3 is 1.36 bits per heavy atom. The van der Waals surface area contributed by atoms with E-state index in [9.17, 15) is 34.8 Å². The lowest BCUT2D eigenvalue weighted by molar-refractivity contribution is -0.225. The summed E-state index contributed by atoms with van der Waals surface area (Å²) in [6.07, 6.45) is -11.7. The van der Waals surface area contributed by atoms with Crippen molar-refractivity contribution in [3.05, 3.63) is 5.75 Å². The van der Waals surface area contributed by atoms with Gasteiger partial charge in [-0.1, -0.05) is 0 Å². The minimum Gasteiger partial charge on any atom is -0.228 e. The zero-order valence-electron chi connectivity index (χ0n) is 6.65. The zero-order chi connectivity index (χ0) is 11.8. The van der Waals surface area contributed by atoms with Gasteiger partial charge < -0.3 is 0 Å². The van der Waals surface area contributed by atoms with E-state index < -0.39 is 27.4 Å². The molecule has 0 spiro atoms. The summed E-state index contributed by atoms with van der Waals surface area (Å²) in [5.74, 6) is -0.112. The van der Waals surface area contributed by atoms with Gasteiger partial charge in [0.1, 0.15) is 0 Å². The Kier molecular flexibility index (Phi) is 3.47. The summed E-state index contributed by atoms with van der Waals surface area (Å²) in [4.78, 5) is 0. The summed E-state index contributed by atoms with van der Waals surface area (Å²) in [6, 6.07) is 0. The monoisotopic (exact) mass is 243 g/mol. The van der Waals surface area contributed by atoms with Crippen molar-refractivity contribution in [2.75, 3.05) is 0 Å². The van der Waals surface area contributed by atoms with Crippen molar-refractivity contribution in [2.24, 2.45) is 0 Å². The molecule has 14 heavy (non-hydrogen) atoms. The van der Waals surface area contributed by atoms with Crippen molar-refractivity contribution in [3.8, 4) is 0 Å². The molecule has 85 valence electrons. The van der Waals surface area contributed by atoms with Crippen LogP contribution in [0, 0.1) is 5.75 Å². The van der Waals surface area contributed by atoms with Gasteiger partial charge in [-0.25, -0.2) is 8.42 Å². The third-order valence-corrected chi connectivity index (χ3v) is 3.10. The highest BCUT2D eigenvalue weighted by Crippen LogP contribution is 2.39. The molecule has 0 rings (SSSR count). The first-order valence-electron chi connectivity index (χ1n) is 3.09. The van der Waals surface area contributed by atoms with E-state index in [1.807, 2.05) is 0 Å². The standard InChI is InChI=1S/C5H5F6O2S/c1-2-14(12,13)3(4(6,7)8)5(9,10)11/h2-3H,1H3. The van der Waals surface area contributed by atoms with E-state index in [2.05, 4.69) is 0 Å². The first-order valence-corrected chi connectivity index (χ1v) is 4.70. The molecule has 0 aromatic heterocycles. The van der Waals surface area contributed by atoms with Crippen molar-refractivity contribution in [3.63, 3.8) is 0 Å². The molecule has 0 saturated heterocycles. The lowest BCUT2D eigenvalue weighted by Gasteiger charge is -2.21. The molecule has 0 unspecified atom stereocenters. The highest BCUT2D eigenvalue weighted by Gasteiger charge is 2.63. The molecule has 1 radical (unpaired) electrons. The largest absolute Gasteiger partial charge is 0.414 e. The van der Waals surface area contributed by atoms with E-state index in [0.717, 1.165) is 0 Å². The molecule has 0 atom stereocenters. The Bertz CT molecular complexity index is 272. The van der Waals surface area contributed by atoms with E-state index in [1.54, 1.807) is 0 Å². The van der Waals surface area contributed by atoms with E-state index in [0.29, 0.717) is 6.92 Å². The minimum absolute atomic E-state index is 0.112. The average Bonchev–Trinajstić information content (AvgIpc) is 1.79. The van der Waals surface area contributed by atoms with Gasteiger partial charge in [0, 0.05) is 0 Å². The molecule has 0 bridgehead atoms. The first-order chi connectivity index (χ1) is 5.93. The van der Waals surface area contributed by atoms with Gasteiger partial charge >= 0.3 is 12.4 Å². The van der Waals surface area contributed by atoms with E-state index in [-0.39, 0.29) is 5.75 Å². The molecular weight excluding hydrogens is 238 g/mol. The third kappa shape index (κ3) is 3.03. The highest BCUT2D eigenvalue weighted by molar-refractivity contribution is 7.94. The quantitative estimate of drug-likeness (QED) is 0.696. The van der Waals surface area contributed by atoms with Gasteiger partial charge in [0.05, 0.1) is 5.75 Å². The second kappa shape index (κ2) is 3.59. The zero-order valence-corrected chi connectivity index (χ0v) is 7.46. The number of hydrogen-bond donors (Lipinski definition) is 0. The molecule has 0 heterocycles. The predicted octanol–water partition coefficient (Wildman–Crippen LogP) is 2.08. The molecule has 0 aliphatic heterocycles. The lowest BCUT2D eigenvalue weighted by Crippen LogP contribution is -2.47. The second-order valence-corrected chi connectivity index (χ2v) is 4.41. The van der Waals surface area contributed by atoms with Gasteiger partial charge in [-0.15, -0.1) is 0 Å². The van der Waals surface area contributed by atoms with Crippen LogP contribution in [-0.2, 0) is 9.84 Å². The Morgan fingerprint density at radius 2 is 1.29 bits per heavy atom. The molecule has 0 aromatic rings. The van der Waals surface area contributed by atoms with Crippen molar-refractivity contribution in [1.82, 2.24) is 0 Å². The van der Waals surface area contributed by atoms with Crippen molar-refractivity contribution in [2.45, 2.75) is 24.5 Å². The van der Waals surface area contributed by atoms with Crippen LogP contribution in [0.3, 0.4) is 0 Å². The van der Waals surface area contributed by atoms with Gasteiger partial charge in [-0.3, -0.25) is 0 Å². The van der Waals surface area contributed by atoms with E-state index in [4.69, 9.17) is 0 Å². The summed E-state index contributed by atoms with van der Waals surface area (Å²) in [5.41, 5.74) is 0. The van der Waals surface area contributed by atoms with Gasteiger partial charge in [0.2, 0.25) is 0 Å². The van der Waals surface area contributed by atoms with E-state index in [1.165, 1.54) is 0 Å². The van der Waals surface area contributed by atoms with E-state index >= 15 is 0 Å². The van der Waals surface area contributed by atoms with Crippen LogP contribution in [-0.4, -0.2) is 26.0 Å². The summed E-state index contributed by atoms with van der Waals surface area (Å²) in [6.45, 7) is 0.597. The topological polar surface area (TPSA) is 34.1 Å². The minimum atomic E-state index is -5.86. The van der Waals surface area contributed by atoms with Crippen LogP contribution in [0.1, 0.15) is 6.92 Å². The molecule has 0 aliphatic carbocycles. The fourth-order valence-electron chi connectivity index (χ4n) is 0.694. The second-order valence-electron chi connectivity index (χ2n) is 2.29. The van der Waals surface area contributed by atoms with Gasteiger partial charge in [0.15, 0.2) is 9.84 Å². The van der Waals surface area contributed by atoms with Crippen LogP contribution in [0.15, 0.2) is 0 Å². The predicted molar refractivity (Wildman–Crippen MR) is 34.8 cm³/mol. The average molecular weight is 243 g/mol. The number of sulfone groups is 1. The summed E-state index contributed by atoms with van der Waals surface area (Å²) in [7, 11) is -5.35. The van der Waals surface area contributed by atoms with Gasteiger partial charge in [-0.2, -0.15) is 26.3 Å². The third-order valence-electron chi connectivity index (χ3n) is 1.25. The van der Waals surface area contributed by atoms with Crippen molar-refractivity contribution in [1.29, 1.82) is 0 Å². The van der Waals surface area contributed by atoms with Crippen LogP contribution in [0.5, 0.6) is 0 Å². The fraction of sp³-hybridized carbons (Fsp3) is 0.800. The number of hydrogen-bond acceptors (Lipinski definition) is 2. The van der Waals surface area contributed by atoms with Crippen LogP contribution in [0.2, 0.25) is 0 Å². The van der Waals surface area contributed by atoms with Crippen LogP contribution in [0.4, 0.5) is 26.3 Å². The lowest BCUT2D eigenvalue weighted by atomic mass is 10.4. The Morgan fingerprint density at radius 1 is 1.00 bits per heavy atom. The smallest absolute Gasteiger partial charge is 0.228 e. The maximum absolute atomic E-state index is 11.8. The maximum atomic E-state index is 11.8. The number of alkyl halides is 6. The molecule has 0 aromatic carbocycles. The SMILES string of the molecule is C[CH]S(=O)(=O)C(C(F)(F)F)C(F)(F)F. The van der Waals surface area contributed by atoms with Crippen LogP contribution in [0.25, 0.3) is 0 Å². The van der Waals surface area contributed by atoms with Crippen LogP contribution < -0.4 is 0 Å². The number of rotatable bonds is 2. The molecule has 0 aliphatic rings. The highest BCUT2D eigenvalue weighted by atomic mass is 32.2. The molecule has 9 heteroatoms. The Hall–Kier alpha value is -0.470. The molecule has 2 nitrogen and oxygen atoms in total. The summed E-state index contributed by atoms with van der Waals surface area (Å²) >= 11 is 0. The summed E-state index contributed by atoms with van der Waals surface area (Å²) in [5, 5.41) is -4.34. The van der Waals surface area contributed by atoms with Crippen molar-refractivity contribution < 1.29 is 34.8 Å². The first kappa shape index (κ1) is 13.5. The van der Waals surface area contributed by atoms with Gasteiger partial charge in [-0.05, 0) is 6.92 Å². The maximum Gasteiger partial charge on any atom is 0.414 e. The molecule has 0 fully saturated rings. The molecule has 0 N–H and O–H groups in total. The molecular formula is C5H5F6O2S. The van der Waals surface area contributed by atoms with Crippen molar-refractivity contribution >= 4 is 9.84 Å². The molecule has 0 amide bonds. The normalized spacial score (nSPS) is 14.9. The molecule has 0 saturated carbocycles.